The largest absolute Gasteiger partial charge is 0.481 e. The molecule has 0 aliphatic carbocycles. The van der Waals surface area contributed by atoms with Gasteiger partial charge in [-0.05, 0) is 14.1 Å². The molecule has 0 bridgehead atoms. The normalized spacial score (nSPS) is 12.2. The molecule has 0 unspecified atom stereocenters. The molecule has 14 heavy (non-hydrogen) atoms. The summed E-state index contributed by atoms with van der Waals surface area (Å²) in [5.41, 5.74) is 0. The zero-order valence-electron chi connectivity index (χ0n) is 8.40. The van der Waals surface area contributed by atoms with E-state index in [1.165, 1.54) is 11.0 Å². The Morgan fingerprint density at radius 3 is 2.50 bits per heavy atom. The molecule has 5 nitrogen and oxygen atoms in total. The maximum atomic E-state index is 11.3. The molecule has 0 spiro atoms. The van der Waals surface area contributed by atoms with Crippen molar-refractivity contribution in [3.8, 4) is 0 Å². The van der Waals surface area contributed by atoms with Gasteiger partial charge in [0.05, 0.1) is 6.42 Å². The molecule has 0 aromatic rings. The topological polar surface area (TPSA) is 66.8 Å². The molecule has 0 aromatic heterocycles. The Kier molecular flexibility index (Phi) is 5.55. The minimum Gasteiger partial charge on any atom is -0.481 e. The van der Waals surface area contributed by atoms with E-state index in [0.717, 1.165) is 0 Å². The summed E-state index contributed by atoms with van der Waals surface area (Å²) in [5, 5.41) is 8.55. The molecule has 5 heteroatoms. The monoisotopic (exact) mass is 201 g/mol. The quantitative estimate of drug-likeness (QED) is 0.488. The van der Waals surface area contributed by atoms with Crippen molar-refractivity contribution in [2.45, 2.75) is 12.5 Å². The fourth-order valence-corrected chi connectivity index (χ4v) is 0.879. The number of rotatable bonds is 6. The van der Waals surface area contributed by atoms with E-state index in [0.29, 0.717) is 0 Å². The minimum absolute atomic E-state index is 0.1000. The number of carbonyl (C=O) groups is 2. The third-order valence-corrected chi connectivity index (χ3v) is 1.61. The van der Waals surface area contributed by atoms with Crippen LogP contribution in [0.15, 0.2) is 12.7 Å². The summed E-state index contributed by atoms with van der Waals surface area (Å²) >= 11 is 0. The molecule has 0 saturated carbocycles. The Labute approximate surface area is 83.0 Å². The van der Waals surface area contributed by atoms with Crippen LogP contribution in [0, 0.1) is 0 Å². The lowest BCUT2D eigenvalue weighted by Crippen LogP contribution is -2.38. The molecular formula is C9H15NO4. The van der Waals surface area contributed by atoms with Crippen LogP contribution in [0.4, 0.5) is 0 Å². The van der Waals surface area contributed by atoms with Crippen molar-refractivity contribution in [2.75, 3.05) is 20.7 Å². The van der Waals surface area contributed by atoms with Gasteiger partial charge >= 0.3 is 11.9 Å². The van der Waals surface area contributed by atoms with Crippen molar-refractivity contribution >= 4 is 11.9 Å². The predicted octanol–water partition coefficient (Wildman–Crippen LogP) is 0.121. The third kappa shape index (κ3) is 4.61. The highest BCUT2D eigenvalue weighted by molar-refractivity contribution is 5.81. The van der Waals surface area contributed by atoms with Crippen LogP contribution in [0.5, 0.6) is 0 Å². The second kappa shape index (κ2) is 6.15. The smallest absolute Gasteiger partial charge is 0.324 e. The number of ether oxygens (including phenoxy) is 1. The second-order valence-electron chi connectivity index (χ2n) is 3.00. The summed E-state index contributed by atoms with van der Waals surface area (Å²) in [4.78, 5) is 23.3. The number of hydrogen-bond donors (Lipinski definition) is 1. The summed E-state index contributed by atoms with van der Waals surface area (Å²) < 4.78 is 4.75. The molecule has 0 fully saturated rings. The van der Waals surface area contributed by atoms with E-state index in [1.54, 1.807) is 14.1 Å². The molecule has 0 aromatic carbocycles. The van der Waals surface area contributed by atoms with Crippen molar-refractivity contribution in [3.63, 3.8) is 0 Å². The number of esters is 1. The third-order valence-electron chi connectivity index (χ3n) is 1.61. The zero-order chi connectivity index (χ0) is 11.1. The van der Waals surface area contributed by atoms with Gasteiger partial charge < -0.3 is 9.84 Å². The molecule has 0 amide bonds. The highest BCUT2D eigenvalue weighted by atomic mass is 16.5. The van der Waals surface area contributed by atoms with E-state index >= 15 is 0 Å². The van der Waals surface area contributed by atoms with Crippen molar-refractivity contribution in [3.05, 3.63) is 12.7 Å². The van der Waals surface area contributed by atoms with Gasteiger partial charge in [0.2, 0.25) is 0 Å². The summed E-state index contributed by atoms with van der Waals surface area (Å²) in [7, 11) is 3.26. The van der Waals surface area contributed by atoms with Crippen molar-refractivity contribution < 1.29 is 19.4 Å². The predicted molar refractivity (Wildman–Crippen MR) is 50.9 cm³/mol. The SMILES string of the molecule is C=CCOC(=O)[C@H](CC(=O)O)N(C)C. The zero-order valence-corrected chi connectivity index (χ0v) is 8.40. The Bertz CT molecular complexity index is 225. The van der Waals surface area contributed by atoms with Gasteiger partial charge in [0.25, 0.3) is 0 Å². The molecule has 0 aliphatic heterocycles. The first-order valence-electron chi connectivity index (χ1n) is 4.14. The van der Waals surface area contributed by atoms with E-state index in [9.17, 15) is 9.59 Å². The van der Waals surface area contributed by atoms with Crippen molar-refractivity contribution in [1.29, 1.82) is 0 Å². The summed E-state index contributed by atoms with van der Waals surface area (Å²) in [6, 6.07) is -0.743. The first kappa shape index (κ1) is 12.6. The van der Waals surface area contributed by atoms with Gasteiger partial charge in [0.15, 0.2) is 0 Å². The number of likely N-dealkylation sites (N-methyl/N-ethyl adjacent to an activating group) is 1. The van der Waals surface area contributed by atoms with E-state index in [4.69, 9.17) is 9.84 Å². The van der Waals surface area contributed by atoms with Crippen LogP contribution in [0.3, 0.4) is 0 Å². The average molecular weight is 201 g/mol. The lowest BCUT2D eigenvalue weighted by atomic mass is 10.2. The molecule has 0 heterocycles. The number of carboxylic acids is 1. The Morgan fingerprint density at radius 1 is 1.57 bits per heavy atom. The van der Waals surface area contributed by atoms with Gasteiger partial charge in [-0.2, -0.15) is 0 Å². The first-order chi connectivity index (χ1) is 6.49. The molecule has 1 N–H and O–H groups in total. The molecule has 0 aliphatic rings. The van der Waals surface area contributed by atoms with Crippen molar-refractivity contribution in [1.82, 2.24) is 4.90 Å². The lowest BCUT2D eigenvalue weighted by Gasteiger charge is -2.20. The standard InChI is InChI=1S/C9H15NO4/c1-4-5-14-9(13)7(10(2)3)6-8(11)12/h4,7H,1,5-6H2,2-3H3,(H,11,12)/t7-/m0/s1. The van der Waals surface area contributed by atoms with Crippen LogP contribution < -0.4 is 0 Å². The highest BCUT2D eigenvalue weighted by Gasteiger charge is 2.24. The average Bonchev–Trinajstić information content (AvgIpc) is 2.09. The van der Waals surface area contributed by atoms with Crippen LogP contribution in [-0.2, 0) is 14.3 Å². The molecule has 1 atom stereocenters. The van der Waals surface area contributed by atoms with Gasteiger partial charge in [-0.3, -0.25) is 14.5 Å². The van der Waals surface area contributed by atoms with Gasteiger partial charge in [0.1, 0.15) is 12.6 Å². The fourth-order valence-electron chi connectivity index (χ4n) is 0.879. The van der Waals surface area contributed by atoms with Gasteiger partial charge in [-0.15, -0.1) is 0 Å². The maximum Gasteiger partial charge on any atom is 0.324 e. The van der Waals surface area contributed by atoms with Crippen LogP contribution in [0.1, 0.15) is 6.42 Å². The van der Waals surface area contributed by atoms with E-state index in [2.05, 4.69) is 6.58 Å². The Balaban J connectivity index is 4.25. The summed E-state index contributed by atoms with van der Waals surface area (Å²) in [5.74, 6) is -1.57. The van der Waals surface area contributed by atoms with Crippen molar-refractivity contribution in [2.24, 2.45) is 0 Å². The van der Waals surface area contributed by atoms with E-state index in [-0.39, 0.29) is 13.0 Å². The number of aliphatic carboxylic acids is 1. The molecular weight excluding hydrogens is 186 g/mol. The fraction of sp³-hybridized carbons (Fsp3) is 0.556. The van der Waals surface area contributed by atoms with Crippen LogP contribution in [-0.4, -0.2) is 48.7 Å². The molecule has 80 valence electrons. The summed E-state index contributed by atoms with van der Waals surface area (Å²) in [6.45, 7) is 3.49. The van der Waals surface area contributed by atoms with Crippen LogP contribution in [0.2, 0.25) is 0 Å². The second-order valence-corrected chi connectivity index (χ2v) is 3.00. The number of hydrogen-bond acceptors (Lipinski definition) is 4. The van der Waals surface area contributed by atoms with Gasteiger partial charge in [-0.25, -0.2) is 0 Å². The maximum absolute atomic E-state index is 11.3. The van der Waals surface area contributed by atoms with Gasteiger partial charge in [0, 0.05) is 0 Å². The Morgan fingerprint density at radius 2 is 2.14 bits per heavy atom. The van der Waals surface area contributed by atoms with Crippen LogP contribution >= 0.6 is 0 Å². The number of carboxylic acid groups (broad SMARTS) is 1. The first-order valence-corrected chi connectivity index (χ1v) is 4.14. The number of carbonyl (C=O) groups excluding carboxylic acids is 1. The van der Waals surface area contributed by atoms with E-state index < -0.39 is 18.0 Å². The number of nitrogens with zero attached hydrogens (tertiary/aromatic N) is 1. The molecule has 0 rings (SSSR count). The highest BCUT2D eigenvalue weighted by Crippen LogP contribution is 2.02. The van der Waals surface area contributed by atoms with Gasteiger partial charge in [-0.1, -0.05) is 12.7 Å². The van der Waals surface area contributed by atoms with Crippen LogP contribution in [0.25, 0.3) is 0 Å². The Hall–Kier alpha value is -1.36. The molecule has 0 radical (unpaired) electrons. The van der Waals surface area contributed by atoms with E-state index in [1.807, 2.05) is 0 Å². The summed E-state index contributed by atoms with van der Waals surface area (Å²) in [6.07, 6.45) is 1.17. The minimum atomic E-state index is -1.03. The molecule has 0 saturated heterocycles. The lowest BCUT2D eigenvalue weighted by molar-refractivity contribution is -0.152.